The van der Waals surface area contributed by atoms with Crippen molar-refractivity contribution in [1.82, 2.24) is 4.90 Å². The van der Waals surface area contributed by atoms with Gasteiger partial charge in [-0.2, -0.15) is 0 Å². The summed E-state index contributed by atoms with van der Waals surface area (Å²) in [5.74, 6) is 1.16. The second-order valence-electron chi connectivity index (χ2n) is 5.99. The van der Waals surface area contributed by atoms with Gasteiger partial charge in [0.25, 0.3) is 5.91 Å². The van der Waals surface area contributed by atoms with E-state index >= 15 is 0 Å². The molecule has 1 saturated heterocycles. The highest BCUT2D eigenvalue weighted by Crippen LogP contribution is 2.35. The van der Waals surface area contributed by atoms with E-state index in [1.807, 2.05) is 22.4 Å². The number of rotatable bonds is 4. The van der Waals surface area contributed by atoms with Crippen LogP contribution in [-0.2, 0) is 4.79 Å². The first-order valence-corrected chi connectivity index (χ1v) is 9.11. The Morgan fingerprint density at radius 3 is 2.88 bits per heavy atom. The number of allylic oxidation sites excluding steroid dienone is 1. The van der Waals surface area contributed by atoms with E-state index in [1.165, 1.54) is 0 Å². The third-order valence-corrected chi connectivity index (χ3v) is 5.10. The lowest BCUT2D eigenvalue weighted by molar-refractivity contribution is -0.132. The zero-order valence-corrected chi connectivity index (χ0v) is 14.4. The van der Waals surface area contributed by atoms with Crippen LogP contribution in [0, 0.1) is 0 Å². The Kier molecular flexibility index (Phi) is 4.28. The van der Waals surface area contributed by atoms with Crippen LogP contribution in [0.2, 0.25) is 0 Å². The summed E-state index contributed by atoms with van der Waals surface area (Å²) in [5, 5.41) is 1.95. The van der Waals surface area contributed by atoms with Crippen molar-refractivity contribution < 1.29 is 19.1 Å². The third kappa shape index (κ3) is 3.30. The first-order valence-electron chi connectivity index (χ1n) is 8.23. The van der Waals surface area contributed by atoms with Gasteiger partial charge in [-0.15, -0.1) is 11.3 Å². The summed E-state index contributed by atoms with van der Waals surface area (Å²) in [7, 11) is 0. The van der Waals surface area contributed by atoms with Crippen LogP contribution in [0.15, 0.2) is 41.5 Å². The summed E-state index contributed by atoms with van der Waals surface area (Å²) < 4.78 is 11.3. The highest BCUT2D eigenvalue weighted by atomic mass is 32.1. The maximum Gasteiger partial charge on any atom is 0.260 e. The Bertz CT molecular complexity index is 835. The SMILES string of the molecule is O=C1C(=Cc2cccs2)Oc2cc(OCC(=O)N3CCCC3)ccc21. The molecule has 1 aromatic carbocycles. The number of hydrogen-bond donors (Lipinski definition) is 0. The highest BCUT2D eigenvalue weighted by molar-refractivity contribution is 7.10. The molecule has 0 N–H and O–H groups in total. The topological polar surface area (TPSA) is 55.8 Å². The molecule has 0 unspecified atom stereocenters. The van der Waals surface area contributed by atoms with E-state index in [0.29, 0.717) is 22.8 Å². The fourth-order valence-electron chi connectivity index (χ4n) is 2.96. The van der Waals surface area contributed by atoms with Crippen LogP contribution in [0.1, 0.15) is 28.1 Å². The number of carbonyl (C=O) groups excluding carboxylic acids is 2. The molecule has 128 valence electrons. The Morgan fingerprint density at radius 2 is 2.12 bits per heavy atom. The van der Waals surface area contributed by atoms with Crippen LogP contribution in [0.3, 0.4) is 0 Å². The van der Waals surface area contributed by atoms with Gasteiger partial charge in [0.15, 0.2) is 12.4 Å². The summed E-state index contributed by atoms with van der Waals surface area (Å²) in [4.78, 5) is 27.2. The molecule has 1 fully saturated rings. The Hall–Kier alpha value is -2.60. The number of benzene rings is 1. The average Bonchev–Trinajstić information content (AvgIpc) is 3.36. The molecule has 0 atom stereocenters. The smallest absolute Gasteiger partial charge is 0.260 e. The molecule has 0 aliphatic carbocycles. The monoisotopic (exact) mass is 355 g/mol. The molecule has 6 heteroatoms. The lowest BCUT2D eigenvalue weighted by Gasteiger charge is -2.15. The lowest BCUT2D eigenvalue weighted by Crippen LogP contribution is -2.32. The van der Waals surface area contributed by atoms with E-state index in [0.717, 1.165) is 30.8 Å². The van der Waals surface area contributed by atoms with Gasteiger partial charge in [-0.05, 0) is 36.4 Å². The Morgan fingerprint density at radius 1 is 1.28 bits per heavy atom. The standard InChI is InChI=1S/C19H17NO4S/c21-18(20-7-1-2-8-20)12-23-13-5-6-15-16(10-13)24-17(19(15)22)11-14-4-3-9-25-14/h3-6,9-11H,1-2,7-8,12H2. The second-order valence-corrected chi connectivity index (χ2v) is 6.97. The minimum atomic E-state index is -0.136. The van der Waals surface area contributed by atoms with E-state index in [2.05, 4.69) is 0 Å². The van der Waals surface area contributed by atoms with Crippen molar-refractivity contribution in [2.24, 2.45) is 0 Å². The van der Waals surface area contributed by atoms with Crippen molar-refractivity contribution >= 4 is 29.1 Å². The van der Waals surface area contributed by atoms with Gasteiger partial charge in [0, 0.05) is 30.1 Å². The molecule has 2 aliphatic heterocycles. The maximum atomic E-state index is 12.4. The molecular weight excluding hydrogens is 338 g/mol. The molecule has 0 saturated carbocycles. The first-order chi connectivity index (χ1) is 12.2. The highest BCUT2D eigenvalue weighted by Gasteiger charge is 2.28. The van der Waals surface area contributed by atoms with Crippen LogP contribution >= 0.6 is 11.3 Å². The number of ketones is 1. The largest absolute Gasteiger partial charge is 0.484 e. The normalized spacial score (nSPS) is 17.7. The van der Waals surface area contributed by atoms with Gasteiger partial charge >= 0.3 is 0 Å². The molecule has 1 amide bonds. The number of nitrogens with zero attached hydrogens (tertiary/aromatic N) is 1. The van der Waals surface area contributed by atoms with Crippen molar-refractivity contribution in [3.8, 4) is 11.5 Å². The molecule has 1 aromatic heterocycles. The third-order valence-electron chi connectivity index (χ3n) is 4.28. The molecule has 0 bridgehead atoms. The quantitative estimate of drug-likeness (QED) is 0.789. The summed E-state index contributed by atoms with van der Waals surface area (Å²) in [6.45, 7) is 1.62. The molecule has 5 nitrogen and oxygen atoms in total. The zero-order valence-electron chi connectivity index (χ0n) is 13.6. The van der Waals surface area contributed by atoms with Crippen molar-refractivity contribution in [3.63, 3.8) is 0 Å². The van der Waals surface area contributed by atoms with Crippen LogP contribution in [-0.4, -0.2) is 36.3 Å². The molecule has 2 aliphatic rings. The predicted octanol–water partition coefficient (Wildman–Crippen LogP) is 3.37. The van der Waals surface area contributed by atoms with E-state index in [9.17, 15) is 9.59 Å². The summed E-state index contributed by atoms with van der Waals surface area (Å²) in [5.41, 5.74) is 0.515. The molecule has 3 heterocycles. The average molecular weight is 355 g/mol. The van der Waals surface area contributed by atoms with Gasteiger partial charge in [0.1, 0.15) is 11.5 Å². The van der Waals surface area contributed by atoms with E-state index in [4.69, 9.17) is 9.47 Å². The van der Waals surface area contributed by atoms with Gasteiger partial charge in [-0.25, -0.2) is 0 Å². The Labute approximate surface area is 149 Å². The molecule has 25 heavy (non-hydrogen) atoms. The fraction of sp³-hybridized carbons (Fsp3) is 0.263. The van der Waals surface area contributed by atoms with Crippen molar-refractivity contribution in [2.45, 2.75) is 12.8 Å². The van der Waals surface area contributed by atoms with Crippen LogP contribution in [0.25, 0.3) is 6.08 Å². The van der Waals surface area contributed by atoms with E-state index in [-0.39, 0.29) is 18.3 Å². The zero-order chi connectivity index (χ0) is 17.2. The van der Waals surface area contributed by atoms with Crippen molar-refractivity contribution in [2.75, 3.05) is 19.7 Å². The number of amides is 1. The van der Waals surface area contributed by atoms with E-state index < -0.39 is 0 Å². The van der Waals surface area contributed by atoms with Crippen LogP contribution in [0.4, 0.5) is 0 Å². The fourth-order valence-corrected chi connectivity index (χ4v) is 3.61. The van der Waals surface area contributed by atoms with Gasteiger partial charge in [-0.3, -0.25) is 9.59 Å². The lowest BCUT2D eigenvalue weighted by atomic mass is 10.1. The number of thiophene rings is 1. The number of Topliss-reactive ketones (excluding diaryl/α,β-unsaturated/α-hetero) is 1. The summed E-state index contributed by atoms with van der Waals surface area (Å²) in [6.07, 6.45) is 3.85. The molecule has 0 spiro atoms. The summed E-state index contributed by atoms with van der Waals surface area (Å²) >= 11 is 1.54. The van der Waals surface area contributed by atoms with Crippen molar-refractivity contribution in [1.29, 1.82) is 0 Å². The van der Waals surface area contributed by atoms with Crippen molar-refractivity contribution in [3.05, 3.63) is 51.9 Å². The molecule has 2 aromatic rings. The van der Waals surface area contributed by atoms with Gasteiger partial charge in [0.05, 0.1) is 5.56 Å². The van der Waals surface area contributed by atoms with Gasteiger partial charge in [0.2, 0.25) is 5.78 Å². The number of ether oxygens (including phenoxy) is 2. The first kappa shape index (κ1) is 15.9. The number of hydrogen-bond acceptors (Lipinski definition) is 5. The maximum absolute atomic E-state index is 12.4. The number of carbonyl (C=O) groups is 2. The molecule has 4 rings (SSSR count). The predicted molar refractivity (Wildman–Crippen MR) is 95.0 cm³/mol. The summed E-state index contributed by atoms with van der Waals surface area (Å²) in [6, 6.07) is 8.90. The minimum Gasteiger partial charge on any atom is -0.484 e. The Balaban J connectivity index is 1.45. The van der Waals surface area contributed by atoms with Crippen LogP contribution < -0.4 is 9.47 Å². The number of likely N-dealkylation sites (tertiary alicyclic amines) is 1. The van der Waals surface area contributed by atoms with Crippen LogP contribution in [0.5, 0.6) is 11.5 Å². The van der Waals surface area contributed by atoms with Gasteiger partial charge in [-0.1, -0.05) is 6.07 Å². The second kappa shape index (κ2) is 6.72. The molecule has 0 radical (unpaired) electrons. The van der Waals surface area contributed by atoms with E-state index in [1.54, 1.807) is 35.6 Å². The molecular formula is C19H17NO4S. The number of fused-ring (bicyclic) bond motifs is 1. The van der Waals surface area contributed by atoms with Gasteiger partial charge < -0.3 is 14.4 Å². The minimum absolute atomic E-state index is 0.00459.